The Morgan fingerprint density at radius 3 is 2.55 bits per heavy atom. The maximum atomic E-state index is 13.0. The average molecular weight is 540 g/mol. The topological polar surface area (TPSA) is 96.8 Å². The van der Waals surface area contributed by atoms with E-state index < -0.39 is 6.04 Å². The Labute approximate surface area is 233 Å². The molecule has 2 aromatic carbocycles. The van der Waals surface area contributed by atoms with Gasteiger partial charge in [0.15, 0.2) is 0 Å². The summed E-state index contributed by atoms with van der Waals surface area (Å²) in [5.41, 5.74) is 3.93. The molecule has 206 valence electrons. The first kappa shape index (κ1) is 25.0. The zero-order chi connectivity index (χ0) is 27.2. The van der Waals surface area contributed by atoms with Crippen LogP contribution < -0.4 is 10.1 Å². The molecule has 0 radical (unpaired) electrons. The van der Waals surface area contributed by atoms with Gasteiger partial charge in [0.25, 0.3) is 5.91 Å². The summed E-state index contributed by atoms with van der Waals surface area (Å²) in [6, 6.07) is 16.1. The number of carbonyl (C=O) groups is 3. The third-order valence-electron chi connectivity index (χ3n) is 8.96. The van der Waals surface area contributed by atoms with E-state index in [2.05, 4.69) is 39.6 Å². The standard InChI is InChI=1S/C31H33N5O4/c37-29-13-12-27(30(38)33-29)35-19-21-16-24(10-11-25(21)31(35)39)40-28-5-2-1-4-26(28)34-17-22(18-34)20-6-8-23(9-7-20)36-15-3-14-32-36/h3,6-11,14-16,22,26-28H,1-2,4-5,12-13,17-19H2,(H,33,37,38). The second-order valence-electron chi connectivity index (χ2n) is 11.4. The Kier molecular flexibility index (Phi) is 6.38. The van der Waals surface area contributed by atoms with Gasteiger partial charge in [-0.2, -0.15) is 5.10 Å². The third-order valence-corrected chi connectivity index (χ3v) is 8.96. The molecule has 3 unspecified atom stereocenters. The van der Waals surface area contributed by atoms with E-state index in [1.807, 2.05) is 35.1 Å². The van der Waals surface area contributed by atoms with Crippen LogP contribution in [0.2, 0.25) is 0 Å². The summed E-state index contributed by atoms with van der Waals surface area (Å²) in [6.07, 6.45) is 8.98. The molecule has 4 heterocycles. The molecule has 3 aliphatic heterocycles. The highest BCUT2D eigenvalue weighted by molar-refractivity contribution is 6.05. The predicted octanol–water partition coefficient (Wildman–Crippen LogP) is 3.42. The van der Waals surface area contributed by atoms with Crippen molar-refractivity contribution in [2.45, 2.75) is 69.2 Å². The highest BCUT2D eigenvalue weighted by Crippen LogP contribution is 2.37. The summed E-state index contributed by atoms with van der Waals surface area (Å²) >= 11 is 0. The first-order valence-corrected chi connectivity index (χ1v) is 14.3. The van der Waals surface area contributed by atoms with Crippen LogP contribution in [0.5, 0.6) is 5.75 Å². The van der Waals surface area contributed by atoms with Crippen LogP contribution in [0.4, 0.5) is 0 Å². The molecular formula is C31H33N5O4. The first-order chi connectivity index (χ1) is 19.5. The van der Waals surface area contributed by atoms with Crippen molar-refractivity contribution in [3.63, 3.8) is 0 Å². The molecule has 3 fully saturated rings. The Bertz CT molecular complexity index is 1430. The first-order valence-electron chi connectivity index (χ1n) is 14.3. The van der Waals surface area contributed by atoms with Gasteiger partial charge in [0.2, 0.25) is 11.8 Å². The minimum absolute atomic E-state index is 0.110. The number of likely N-dealkylation sites (tertiary alicyclic amines) is 1. The Balaban J connectivity index is 0.992. The quantitative estimate of drug-likeness (QED) is 0.483. The normalized spacial score (nSPS) is 25.4. The molecule has 1 N–H and O–H groups in total. The Morgan fingerprint density at radius 1 is 0.950 bits per heavy atom. The van der Waals surface area contributed by atoms with Gasteiger partial charge in [-0.25, -0.2) is 4.68 Å². The second kappa shape index (κ2) is 10.2. The predicted molar refractivity (Wildman–Crippen MR) is 147 cm³/mol. The van der Waals surface area contributed by atoms with Gasteiger partial charge < -0.3 is 9.64 Å². The zero-order valence-electron chi connectivity index (χ0n) is 22.4. The molecule has 4 aliphatic rings. The lowest BCUT2D eigenvalue weighted by molar-refractivity contribution is -0.136. The zero-order valence-corrected chi connectivity index (χ0v) is 22.4. The van der Waals surface area contributed by atoms with E-state index in [9.17, 15) is 14.4 Å². The van der Waals surface area contributed by atoms with Crippen molar-refractivity contribution in [1.82, 2.24) is 24.9 Å². The van der Waals surface area contributed by atoms with E-state index in [-0.39, 0.29) is 30.2 Å². The molecule has 1 aliphatic carbocycles. The fourth-order valence-electron chi connectivity index (χ4n) is 6.75. The molecule has 1 saturated carbocycles. The van der Waals surface area contributed by atoms with E-state index in [0.29, 0.717) is 30.5 Å². The molecule has 3 atom stereocenters. The van der Waals surface area contributed by atoms with Crippen molar-refractivity contribution in [2.75, 3.05) is 13.1 Å². The van der Waals surface area contributed by atoms with E-state index in [1.165, 1.54) is 12.0 Å². The van der Waals surface area contributed by atoms with Crippen molar-refractivity contribution < 1.29 is 19.1 Å². The number of nitrogens with zero attached hydrogens (tertiary/aromatic N) is 4. The fourth-order valence-corrected chi connectivity index (χ4v) is 6.75. The number of benzene rings is 2. The van der Waals surface area contributed by atoms with Gasteiger partial charge in [-0.3, -0.25) is 24.6 Å². The van der Waals surface area contributed by atoms with Gasteiger partial charge in [-0.05, 0) is 73.2 Å². The van der Waals surface area contributed by atoms with Crippen molar-refractivity contribution in [3.8, 4) is 11.4 Å². The molecule has 0 spiro atoms. The summed E-state index contributed by atoms with van der Waals surface area (Å²) in [5, 5.41) is 6.68. The Hall–Kier alpha value is -3.98. The SMILES string of the molecule is O=C1CCC(N2Cc3cc(OC4CCCCC4N4CC(c5ccc(-n6cccn6)cc5)C4)ccc3C2=O)C(=O)N1. The third kappa shape index (κ3) is 4.58. The van der Waals surface area contributed by atoms with Crippen LogP contribution >= 0.6 is 0 Å². The number of nitrogens with one attached hydrogen (secondary N) is 1. The van der Waals surface area contributed by atoms with Crippen LogP contribution in [0.15, 0.2) is 60.9 Å². The smallest absolute Gasteiger partial charge is 0.255 e. The van der Waals surface area contributed by atoms with Gasteiger partial charge in [-0.15, -0.1) is 0 Å². The largest absolute Gasteiger partial charge is 0.489 e. The number of hydrogen-bond acceptors (Lipinski definition) is 6. The van der Waals surface area contributed by atoms with E-state index in [4.69, 9.17) is 4.74 Å². The van der Waals surface area contributed by atoms with Crippen LogP contribution in [0.25, 0.3) is 5.69 Å². The molecule has 40 heavy (non-hydrogen) atoms. The van der Waals surface area contributed by atoms with Crippen LogP contribution in [-0.2, 0) is 16.1 Å². The number of fused-ring (bicyclic) bond motifs is 1. The second-order valence-corrected chi connectivity index (χ2v) is 11.4. The molecular weight excluding hydrogens is 506 g/mol. The monoisotopic (exact) mass is 539 g/mol. The number of rotatable bonds is 6. The number of imide groups is 1. The lowest BCUT2D eigenvalue weighted by Gasteiger charge is -2.48. The number of carbonyl (C=O) groups excluding carboxylic acids is 3. The minimum Gasteiger partial charge on any atom is -0.489 e. The number of piperidine rings is 1. The van der Waals surface area contributed by atoms with Crippen LogP contribution in [-0.4, -0.2) is 68.6 Å². The maximum Gasteiger partial charge on any atom is 0.255 e. The number of amides is 3. The summed E-state index contributed by atoms with van der Waals surface area (Å²) in [5.74, 6) is 0.481. The Morgan fingerprint density at radius 2 is 1.77 bits per heavy atom. The molecule has 9 heteroatoms. The summed E-state index contributed by atoms with van der Waals surface area (Å²) in [6.45, 7) is 2.43. The molecule has 0 bridgehead atoms. The fraction of sp³-hybridized carbons (Fsp3) is 0.419. The lowest BCUT2D eigenvalue weighted by atomic mass is 9.84. The number of aromatic nitrogens is 2. The van der Waals surface area contributed by atoms with Crippen molar-refractivity contribution in [2.24, 2.45) is 0 Å². The lowest BCUT2D eigenvalue weighted by Crippen LogP contribution is -2.57. The highest BCUT2D eigenvalue weighted by atomic mass is 16.5. The molecule has 7 rings (SSSR count). The molecule has 3 aromatic rings. The van der Waals surface area contributed by atoms with Gasteiger partial charge >= 0.3 is 0 Å². The van der Waals surface area contributed by atoms with Crippen LogP contribution in [0, 0.1) is 0 Å². The van der Waals surface area contributed by atoms with Gasteiger partial charge in [0.05, 0.1) is 5.69 Å². The summed E-state index contributed by atoms with van der Waals surface area (Å²) in [7, 11) is 0. The number of hydrogen-bond donors (Lipinski definition) is 1. The number of ether oxygens (including phenoxy) is 1. The van der Waals surface area contributed by atoms with Crippen LogP contribution in [0.3, 0.4) is 0 Å². The van der Waals surface area contributed by atoms with E-state index >= 15 is 0 Å². The molecule has 2 saturated heterocycles. The molecule has 3 amide bonds. The van der Waals surface area contributed by atoms with Crippen molar-refractivity contribution in [1.29, 1.82) is 0 Å². The molecule has 1 aromatic heterocycles. The molecule has 9 nitrogen and oxygen atoms in total. The summed E-state index contributed by atoms with van der Waals surface area (Å²) < 4.78 is 8.47. The van der Waals surface area contributed by atoms with Crippen molar-refractivity contribution in [3.05, 3.63) is 77.6 Å². The maximum absolute atomic E-state index is 13.0. The minimum atomic E-state index is -0.606. The van der Waals surface area contributed by atoms with E-state index in [0.717, 1.165) is 49.4 Å². The highest BCUT2D eigenvalue weighted by Gasteiger charge is 2.41. The van der Waals surface area contributed by atoms with E-state index in [1.54, 1.807) is 11.1 Å². The van der Waals surface area contributed by atoms with Gasteiger partial charge in [0, 0.05) is 56.0 Å². The van der Waals surface area contributed by atoms with Gasteiger partial charge in [0.1, 0.15) is 17.9 Å². The van der Waals surface area contributed by atoms with Gasteiger partial charge in [-0.1, -0.05) is 18.6 Å². The summed E-state index contributed by atoms with van der Waals surface area (Å²) in [4.78, 5) is 41.1. The van der Waals surface area contributed by atoms with Crippen LogP contribution in [0.1, 0.15) is 65.9 Å². The average Bonchev–Trinajstić information content (AvgIpc) is 3.58. The van der Waals surface area contributed by atoms with Crippen molar-refractivity contribution >= 4 is 17.7 Å².